The molecule has 11 rings (SSSR count). The Morgan fingerprint density at radius 1 is 0.451 bits per heavy atom. The molecule has 91 heavy (non-hydrogen) atoms. The van der Waals surface area contributed by atoms with Crippen molar-refractivity contribution in [2.24, 2.45) is 0 Å². The summed E-state index contributed by atoms with van der Waals surface area (Å²) in [7, 11) is 0. The van der Waals surface area contributed by atoms with Crippen LogP contribution in [0, 0.1) is 49.4 Å². The van der Waals surface area contributed by atoms with Gasteiger partial charge in [0.15, 0.2) is 29.0 Å². The summed E-state index contributed by atoms with van der Waals surface area (Å²) >= 11 is 3.66. The number of carbonyl (C=O) groups excluding carboxylic acids is 3. The Morgan fingerprint density at radius 2 is 0.736 bits per heavy atom. The fourth-order valence-electron chi connectivity index (χ4n) is 7.78. The van der Waals surface area contributed by atoms with Crippen molar-refractivity contribution >= 4 is 62.7 Å². The van der Waals surface area contributed by atoms with Crippen molar-refractivity contribution in [1.82, 2.24) is 69.0 Å². The molecule has 0 radical (unpaired) electrons. The number of alkyl halides is 3. The Morgan fingerprint density at radius 3 is 0.956 bits per heavy atom. The van der Waals surface area contributed by atoms with Crippen molar-refractivity contribution in [2.75, 3.05) is 36.0 Å². The number of rotatable bonds is 18. The van der Waals surface area contributed by atoms with Crippen LogP contribution in [0.2, 0.25) is 0 Å². The van der Waals surface area contributed by atoms with Crippen molar-refractivity contribution in [3.05, 3.63) is 225 Å². The van der Waals surface area contributed by atoms with Crippen LogP contribution in [0.3, 0.4) is 0 Å². The molecule has 468 valence electrons. The molecule has 0 aliphatic rings. The molecule has 0 amide bonds. The van der Waals surface area contributed by atoms with Gasteiger partial charge >= 0.3 is 55.6 Å². The standard InChI is InChI=1S/2C19H20N8.C8H5F3O2S.2C8H8O2S.Eu/c2*1-3-25(4-2)16-9-7-15(8-10-16)17-22-18(26-13-5-11-20-26)24-19(23-17)27-14-6-12-21-27;9-8(10,11)7(13)4-5(12)6-2-1-3-14-6;2*1-6(9)5-7(10)8-3-2-4-11-8;/h2*5-14H,3-4H2,1-2H3;1-4,13H;2*2-5,9H,1H3;/q;;;;;+3/p-3. The molecule has 0 atom stereocenters. The van der Waals surface area contributed by atoms with Gasteiger partial charge in [0, 0.05) is 98.3 Å². The van der Waals surface area contributed by atoms with Crippen LogP contribution in [0.25, 0.3) is 46.6 Å². The zero-order valence-corrected chi connectivity index (χ0v) is 54.5. The van der Waals surface area contributed by atoms with E-state index in [4.69, 9.17) is 0 Å². The summed E-state index contributed by atoms with van der Waals surface area (Å²) < 4.78 is 41.6. The van der Waals surface area contributed by atoms with E-state index in [1.54, 1.807) is 109 Å². The topological polar surface area (TPSA) is 275 Å². The first kappa shape index (κ1) is 71.1. The summed E-state index contributed by atoms with van der Waals surface area (Å²) in [6.45, 7) is 15.2. The summed E-state index contributed by atoms with van der Waals surface area (Å²) in [5, 5.41) is 53.4. The van der Waals surface area contributed by atoms with E-state index < -0.39 is 17.7 Å². The molecule has 29 heteroatoms. The molecular formula is C62H58EuF3N16O6S3. The van der Waals surface area contributed by atoms with Gasteiger partial charge in [-0.3, -0.25) is 14.4 Å². The Hall–Kier alpha value is -9.00. The predicted octanol–water partition coefficient (Wildman–Crippen LogP) is 9.64. The largest absolute Gasteiger partial charge is 3.00 e. The van der Waals surface area contributed by atoms with Crippen LogP contribution in [-0.2, 0) is 0 Å². The first-order valence-corrected chi connectivity index (χ1v) is 30.1. The molecule has 0 spiro atoms. The maximum atomic E-state index is 11.7. The van der Waals surface area contributed by atoms with E-state index in [-0.39, 0.29) is 83.4 Å². The molecular weight excluding hydrogens is 1370 g/mol. The van der Waals surface area contributed by atoms with Gasteiger partial charge in [-0.2, -0.15) is 63.5 Å². The maximum absolute atomic E-state index is 11.7. The number of thiophene rings is 3. The van der Waals surface area contributed by atoms with E-state index in [0.717, 1.165) is 60.8 Å². The molecule has 0 saturated heterocycles. The minimum atomic E-state index is -4.98. The zero-order valence-electron chi connectivity index (χ0n) is 49.6. The van der Waals surface area contributed by atoms with Crippen LogP contribution in [-0.4, -0.2) is 119 Å². The van der Waals surface area contributed by atoms with E-state index in [1.807, 2.05) is 48.5 Å². The Kier molecular flexibility index (Phi) is 27.7. The van der Waals surface area contributed by atoms with Gasteiger partial charge < -0.3 is 25.1 Å². The number of hydrogen-bond donors (Lipinski definition) is 0. The molecule has 0 saturated carbocycles. The van der Waals surface area contributed by atoms with E-state index in [2.05, 4.69) is 112 Å². The third-order valence-electron chi connectivity index (χ3n) is 12.1. The molecule has 9 aromatic heterocycles. The molecule has 22 nitrogen and oxygen atoms in total. The zero-order chi connectivity index (χ0) is 64.6. The van der Waals surface area contributed by atoms with Gasteiger partial charge in [-0.15, -0.1) is 45.5 Å². The summed E-state index contributed by atoms with van der Waals surface area (Å²) in [6, 6.07) is 33.6. The van der Waals surface area contributed by atoms with E-state index >= 15 is 0 Å². The number of nitrogens with zero attached hydrogens (tertiary/aromatic N) is 16. The average Bonchev–Trinajstić information content (AvgIpc) is 1.86. The van der Waals surface area contributed by atoms with Gasteiger partial charge in [-0.1, -0.05) is 32.0 Å². The predicted molar refractivity (Wildman–Crippen MR) is 334 cm³/mol. The molecule has 0 bridgehead atoms. The van der Waals surface area contributed by atoms with Crippen LogP contribution >= 0.6 is 34.0 Å². The number of halogens is 3. The monoisotopic (exact) mass is 1430 g/mol. The fourth-order valence-corrected chi connectivity index (χ4v) is 9.69. The van der Waals surface area contributed by atoms with E-state index in [0.29, 0.717) is 45.2 Å². The summed E-state index contributed by atoms with van der Waals surface area (Å²) in [5.41, 5.74) is 4.18. The molecule has 0 N–H and O–H groups in total. The smallest absolute Gasteiger partial charge is 0.876 e. The first-order chi connectivity index (χ1) is 43.4. The number of allylic oxidation sites excluding steroid dienone is 6. The van der Waals surface area contributed by atoms with Crippen molar-refractivity contribution < 1.29 is 92.3 Å². The second-order valence-corrected chi connectivity index (χ2v) is 21.1. The second-order valence-electron chi connectivity index (χ2n) is 18.3. The van der Waals surface area contributed by atoms with Gasteiger partial charge in [0.2, 0.25) is 0 Å². The number of hydrogen-bond acceptors (Lipinski definition) is 21. The summed E-state index contributed by atoms with van der Waals surface area (Å²) in [4.78, 5) is 66.4. The number of ketones is 3. The molecule has 0 unspecified atom stereocenters. The van der Waals surface area contributed by atoms with E-state index in [9.17, 15) is 42.9 Å². The maximum Gasteiger partial charge on any atom is 3.00 e. The Balaban J connectivity index is 0.000000191. The van der Waals surface area contributed by atoms with Gasteiger partial charge in [-0.25, -0.2) is 18.7 Å². The van der Waals surface area contributed by atoms with Crippen molar-refractivity contribution in [1.29, 1.82) is 0 Å². The van der Waals surface area contributed by atoms with Crippen LogP contribution in [0.15, 0.2) is 210 Å². The van der Waals surface area contributed by atoms with Crippen LogP contribution in [0.1, 0.15) is 70.6 Å². The quantitative estimate of drug-likeness (QED) is 0.0439. The van der Waals surface area contributed by atoms with Gasteiger partial charge in [0.25, 0.3) is 23.8 Å². The van der Waals surface area contributed by atoms with Gasteiger partial charge in [0.1, 0.15) is 0 Å². The second kappa shape index (κ2) is 35.4. The molecule has 0 aliphatic carbocycles. The summed E-state index contributed by atoms with van der Waals surface area (Å²) in [5.74, 6) is -0.914. The molecule has 2 aromatic carbocycles. The van der Waals surface area contributed by atoms with Crippen molar-refractivity contribution in [3.63, 3.8) is 0 Å². The molecule has 9 heterocycles. The summed E-state index contributed by atoms with van der Waals surface area (Å²) in [6.07, 6.45) is 11.3. The third-order valence-corrected chi connectivity index (χ3v) is 14.7. The van der Waals surface area contributed by atoms with Gasteiger partial charge in [-0.05, 0) is 159 Å². The first-order valence-electron chi connectivity index (χ1n) is 27.5. The van der Waals surface area contributed by atoms with E-state index in [1.165, 1.54) is 60.0 Å². The van der Waals surface area contributed by atoms with Gasteiger partial charge in [0.05, 0.1) is 14.6 Å². The Bertz CT molecular complexity index is 3710. The normalized spacial score (nSPS) is 11.2. The Labute approximate surface area is 574 Å². The van der Waals surface area contributed by atoms with Crippen molar-refractivity contribution in [3.8, 4) is 46.6 Å². The minimum Gasteiger partial charge on any atom is -0.876 e. The SMILES string of the molecule is CC([O-])=CC(=O)c1cccs1.CC([O-])=CC(=O)c1cccs1.CCN(CC)c1ccc(-c2nc(-n3cccn3)nc(-n3cccn3)n2)cc1.CCN(CC)c1ccc(-c2nc(-n3cccn3)nc(-n3cccn3)n2)cc1.O=C(C=C([O-])C(F)(F)F)c1cccs1.[Eu+3]. The van der Waals surface area contributed by atoms with Crippen LogP contribution in [0.5, 0.6) is 0 Å². The molecule has 0 fully saturated rings. The molecule has 11 aromatic rings. The minimum absolute atomic E-state index is 0. The van der Waals surface area contributed by atoms with Crippen LogP contribution < -0.4 is 25.1 Å². The number of aromatic nitrogens is 14. The number of benzene rings is 2. The number of anilines is 2. The third kappa shape index (κ3) is 21.3. The molecule has 0 aliphatic heterocycles. The fraction of sp³-hybridized carbons (Fsp3) is 0.177. The van der Waals surface area contributed by atoms with Crippen molar-refractivity contribution in [2.45, 2.75) is 47.7 Å². The number of carbonyl (C=O) groups is 3. The average molecular weight is 1430 g/mol. The van der Waals surface area contributed by atoms with Crippen LogP contribution in [0.4, 0.5) is 24.5 Å².